The van der Waals surface area contributed by atoms with E-state index in [1.54, 1.807) is 28.6 Å². The number of carbonyl (C=O) groups is 2. The van der Waals surface area contributed by atoms with Crippen molar-refractivity contribution in [3.8, 4) is 0 Å². The average Bonchev–Trinajstić information content (AvgIpc) is 3.45. The number of hydrogen-bond acceptors (Lipinski definition) is 6. The number of carbonyl (C=O) groups excluding carboxylic acids is 2. The van der Waals surface area contributed by atoms with Crippen LogP contribution in [0, 0.1) is 5.92 Å². The molecule has 2 atom stereocenters. The minimum Gasteiger partial charge on any atom is -0.346 e. The van der Waals surface area contributed by atoms with Gasteiger partial charge in [-0.3, -0.25) is 14.6 Å². The van der Waals surface area contributed by atoms with Crippen molar-refractivity contribution in [2.45, 2.75) is 25.4 Å². The molecule has 0 radical (unpaired) electrons. The van der Waals surface area contributed by atoms with Crippen molar-refractivity contribution in [2.24, 2.45) is 5.92 Å². The third-order valence-corrected chi connectivity index (χ3v) is 6.37. The van der Waals surface area contributed by atoms with Gasteiger partial charge in [0.2, 0.25) is 11.8 Å². The second-order valence-electron chi connectivity index (χ2n) is 6.76. The summed E-state index contributed by atoms with van der Waals surface area (Å²) in [5, 5.41) is 10.0. The first-order valence-electron chi connectivity index (χ1n) is 9.07. The molecular weight excluding hydrogens is 392 g/mol. The Bertz CT molecular complexity index is 913. The first-order valence-corrected chi connectivity index (χ1v) is 10.9. The lowest BCUT2D eigenvalue weighted by atomic mass is 10.1. The Labute approximate surface area is 171 Å². The van der Waals surface area contributed by atoms with E-state index in [1.807, 2.05) is 29.0 Å². The van der Waals surface area contributed by atoms with Gasteiger partial charge in [0.05, 0.1) is 24.2 Å². The van der Waals surface area contributed by atoms with Crippen LogP contribution in [0.2, 0.25) is 0 Å². The number of amides is 2. The van der Waals surface area contributed by atoms with Gasteiger partial charge in [-0.25, -0.2) is 4.98 Å². The molecule has 144 valence electrons. The molecule has 1 fully saturated rings. The van der Waals surface area contributed by atoms with Crippen molar-refractivity contribution in [1.29, 1.82) is 0 Å². The highest BCUT2D eigenvalue weighted by atomic mass is 32.1. The van der Waals surface area contributed by atoms with Gasteiger partial charge >= 0.3 is 0 Å². The highest BCUT2D eigenvalue weighted by Gasteiger charge is 2.35. The summed E-state index contributed by atoms with van der Waals surface area (Å²) in [6.07, 6.45) is 4.40. The maximum absolute atomic E-state index is 12.9. The monoisotopic (exact) mass is 412 g/mol. The van der Waals surface area contributed by atoms with E-state index in [0.29, 0.717) is 19.5 Å². The summed E-state index contributed by atoms with van der Waals surface area (Å²) in [5.74, 6) is -0.442. The lowest BCUT2D eigenvalue weighted by Crippen LogP contribution is -2.36. The predicted molar refractivity (Wildman–Crippen MR) is 109 cm³/mol. The number of nitrogens with zero attached hydrogens (tertiary/aromatic N) is 3. The number of hydrogen-bond donors (Lipinski definition) is 1. The van der Waals surface area contributed by atoms with E-state index in [9.17, 15) is 9.59 Å². The molecule has 0 spiro atoms. The Morgan fingerprint density at radius 3 is 2.89 bits per heavy atom. The quantitative estimate of drug-likeness (QED) is 0.647. The molecule has 0 aliphatic carbocycles. The highest BCUT2D eigenvalue weighted by molar-refractivity contribution is 7.09. The molecule has 4 heterocycles. The molecule has 2 amide bonds. The molecule has 28 heavy (non-hydrogen) atoms. The molecule has 1 N–H and O–H groups in total. The Morgan fingerprint density at radius 1 is 1.25 bits per heavy atom. The summed E-state index contributed by atoms with van der Waals surface area (Å²) in [6.45, 7) is 0.860. The molecule has 2 unspecified atom stereocenters. The van der Waals surface area contributed by atoms with Crippen LogP contribution in [0.1, 0.15) is 28.7 Å². The predicted octanol–water partition coefficient (Wildman–Crippen LogP) is 3.05. The van der Waals surface area contributed by atoms with Gasteiger partial charge in [-0.15, -0.1) is 11.3 Å². The second kappa shape index (κ2) is 8.62. The van der Waals surface area contributed by atoms with Crippen LogP contribution in [0.15, 0.2) is 52.8 Å². The van der Waals surface area contributed by atoms with E-state index in [4.69, 9.17) is 0 Å². The SMILES string of the molecule is O=C(NC(Cc1ccsc1)c1nccs1)C1CC(=O)N(Cc2ccccn2)C1. The van der Waals surface area contributed by atoms with Crippen molar-refractivity contribution in [3.05, 3.63) is 69.1 Å². The molecular formula is C20H20N4O2S2. The smallest absolute Gasteiger partial charge is 0.225 e. The first-order chi connectivity index (χ1) is 13.7. The minimum atomic E-state index is -0.346. The Kier molecular flexibility index (Phi) is 5.78. The standard InChI is InChI=1S/C20H20N4O2S2/c25-18-10-15(11-24(18)12-16-3-1-2-5-21-16)19(26)23-17(20-22-6-8-28-20)9-14-4-7-27-13-14/h1-8,13,15,17H,9-12H2,(H,23,26). The molecule has 8 heteroatoms. The topological polar surface area (TPSA) is 75.2 Å². The van der Waals surface area contributed by atoms with Crippen molar-refractivity contribution in [2.75, 3.05) is 6.54 Å². The van der Waals surface area contributed by atoms with E-state index in [1.165, 1.54) is 16.9 Å². The average molecular weight is 413 g/mol. The van der Waals surface area contributed by atoms with E-state index in [2.05, 4.69) is 26.7 Å². The fourth-order valence-corrected chi connectivity index (χ4v) is 4.70. The number of thiazole rings is 1. The van der Waals surface area contributed by atoms with Crippen LogP contribution < -0.4 is 5.32 Å². The van der Waals surface area contributed by atoms with Gasteiger partial charge in [0.25, 0.3) is 0 Å². The highest BCUT2D eigenvalue weighted by Crippen LogP contribution is 2.25. The van der Waals surface area contributed by atoms with Crippen LogP contribution in [0.4, 0.5) is 0 Å². The lowest BCUT2D eigenvalue weighted by Gasteiger charge is -2.19. The normalized spacial score (nSPS) is 17.6. The van der Waals surface area contributed by atoms with Gasteiger partial charge in [-0.1, -0.05) is 6.07 Å². The maximum atomic E-state index is 12.9. The number of aromatic nitrogens is 2. The molecule has 3 aromatic heterocycles. The van der Waals surface area contributed by atoms with Crippen LogP contribution in [-0.4, -0.2) is 33.2 Å². The van der Waals surface area contributed by atoms with Gasteiger partial charge < -0.3 is 10.2 Å². The van der Waals surface area contributed by atoms with Gasteiger partial charge in [-0.05, 0) is 34.5 Å². The van der Waals surface area contributed by atoms with Gasteiger partial charge in [0.15, 0.2) is 0 Å². The van der Waals surface area contributed by atoms with Gasteiger partial charge in [0, 0.05) is 37.2 Å². The van der Waals surface area contributed by atoms with Crippen molar-refractivity contribution >= 4 is 34.5 Å². The minimum absolute atomic E-state index is 0.00515. The summed E-state index contributed by atoms with van der Waals surface area (Å²) in [5.41, 5.74) is 2.00. The zero-order chi connectivity index (χ0) is 19.3. The van der Waals surface area contributed by atoms with Gasteiger partial charge in [-0.2, -0.15) is 11.3 Å². The zero-order valence-corrected chi connectivity index (χ0v) is 16.8. The second-order valence-corrected chi connectivity index (χ2v) is 8.47. The maximum Gasteiger partial charge on any atom is 0.225 e. The fraction of sp³-hybridized carbons (Fsp3) is 0.300. The molecule has 1 aliphatic rings. The van der Waals surface area contributed by atoms with E-state index in [-0.39, 0.29) is 30.2 Å². The lowest BCUT2D eigenvalue weighted by molar-refractivity contribution is -0.129. The van der Waals surface area contributed by atoms with Crippen LogP contribution in [0.3, 0.4) is 0 Å². The van der Waals surface area contributed by atoms with Crippen LogP contribution >= 0.6 is 22.7 Å². The number of nitrogens with one attached hydrogen (secondary N) is 1. The third kappa shape index (κ3) is 4.45. The summed E-state index contributed by atoms with van der Waals surface area (Å²) in [4.78, 5) is 35.6. The number of likely N-dealkylation sites (tertiary alicyclic amines) is 1. The van der Waals surface area contributed by atoms with Crippen LogP contribution in [0.25, 0.3) is 0 Å². The molecule has 1 saturated heterocycles. The summed E-state index contributed by atoms with van der Waals surface area (Å²) in [6, 6.07) is 7.51. The van der Waals surface area contributed by atoms with E-state index < -0.39 is 0 Å². The van der Waals surface area contributed by atoms with Crippen LogP contribution in [0.5, 0.6) is 0 Å². The molecule has 6 nitrogen and oxygen atoms in total. The molecule has 0 aromatic carbocycles. The summed E-state index contributed by atoms with van der Waals surface area (Å²) in [7, 11) is 0. The molecule has 1 aliphatic heterocycles. The summed E-state index contributed by atoms with van der Waals surface area (Å²) < 4.78 is 0. The van der Waals surface area contributed by atoms with E-state index >= 15 is 0 Å². The third-order valence-electron chi connectivity index (χ3n) is 4.75. The molecule has 0 bridgehead atoms. The Balaban J connectivity index is 1.41. The summed E-state index contributed by atoms with van der Waals surface area (Å²) >= 11 is 3.17. The fourth-order valence-electron chi connectivity index (χ4n) is 3.33. The molecule has 3 aromatic rings. The van der Waals surface area contributed by atoms with Crippen LogP contribution in [-0.2, 0) is 22.6 Å². The van der Waals surface area contributed by atoms with Crippen molar-refractivity contribution in [3.63, 3.8) is 0 Å². The molecule has 0 saturated carbocycles. The number of rotatable bonds is 7. The van der Waals surface area contributed by atoms with Crippen molar-refractivity contribution in [1.82, 2.24) is 20.2 Å². The first kappa shape index (κ1) is 18.8. The van der Waals surface area contributed by atoms with Crippen molar-refractivity contribution < 1.29 is 9.59 Å². The Morgan fingerprint density at radius 2 is 2.18 bits per heavy atom. The van der Waals surface area contributed by atoms with Gasteiger partial charge in [0.1, 0.15) is 5.01 Å². The Hall–Kier alpha value is -2.58. The zero-order valence-electron chi connectivity index (χ0n) is 15.2. The number of pyridine rings is 1. The van der Waals surface area contributed by atoms with E-state index in [0.717, 1.165) is 10.7 Å². The largest absolute Gasteiger partial charge is 0.346 e. The molecule has 4 rings (SSSR count). The number of thiophene rings is 1.